The fourth-order valence-electron chi connectivity index (χ4n) is 9.35. The molecule has 0 aromatic heterocycles. The van der Waals surface area contributed by atoms with Crippen LogP contribution in [0.25, 0.3) is 0 Å². The molecule has 10 atom stereocenters. The van der Waals surface area contributed by atoms with Crippen LogP contribution in [0, 0.1) is 58.2 Å². The van der Waals surface area contributed by atoms with Crippen molar-refractivity contribution in [2.75, 3.05) is 0 Å². The van der Waals surface area contributed by atoms with Crippen molar-refractivity contribution in [2.24, 2.45) is 58.2 Å². The van der Waals surface area contributed by atoms with Crippen LogP contribution in [-0.4, -0.2) is 11.2 Å². The molecule has 4 fully saturated rings. The minimum absolute atomic E-state index is 0.0351. The number of aliphatic hydroxyl groups excluding tert-OH is 1. The summed E-state index contributed by atoms with van der Waals surface area (Å²) in [4.78, 5) is 0. The molecule has 0 bridgehead atoms. The summed E-state index contributed by atoms with van der Waals surface area (Å²) in [5.41, 5.74) is 0.795. The van der Waals surface area contributed by atoms with Crippen molar-refractivity contribution in [3.63, 3.8) is 0 Å². The fourth-order valence-corrected chi connectivity index (χ4v) is 9.35. The Labute approximate surface area is 181 Å². The van der Waals surface area contributed by atoms with Crippen LogP contribution in [0.4, 0.5) is 0 Å². The molecular formula is C28H50O. The molecule has 0 amide bonds. The molecule has 29 heavy (non-hydrogen) atoms. The standard InChI is InChI=1S/C28H50O/c1-18(2)19(3)10-11-20(4)23-14-15-24-22-13-12-21-8-7-9-26(29)28(21,6)25(22)16-17-27(23,24)5/h18-26,29H,7-17H2,1-6H3/t19?,20-,21?,22+,23-,24+,25+,26?,27-,28+/m1/s1. The van der Waals surface area contributed by atoms with Crippen LogP contribution < -0.4 is 0 Å². The summed E-state index contributed by atoms with van der Waals surface area (Å²) in [6, 6.07) is 0. The minimum Gasteiger partial charge on any atom is -0.393 e. The predicted molar refractivity (Wildman–Crippen MR) is 124 cm³/mol. The summed E-state index contributed by atoms with van der Waals surface area (Å²) >= 11 is 0. The van der Waals surface area contributed by atoms with Crippen LogP contribution >= 0.6 is 0 Å². The Bertz CT molecular complexity index is 569. The van der Waals surface area contributed by atoms with Gasteiger partial charge in [0.2, 0.25) is 0 Å². The topological polar surface area (TPSA) is 20.2 Å². The minimum atomic E-state index is -0.0351. The Morgan fingerprint density at radius 1 is 0.828 bits per heavy atom. The zero-order valence-electron chi connectivity index (χ0n) is 20.4. The van der Waals surface area contributed by atoms with Gasteiger partial charge >= 0.3 is 0 Å². The lowest BCUT2D eigenvalue weighted by Crippen LogP contribution is -2.57. The monoisotopic (exact) mass is 402 g/mol. The second-order valence-corrected chi connectivity index (χ2v) is 13.0. The number of hydrogen-bond acceptors (Lipinski definition) is 1. The van der Waals surface area contributed by atoms with E-state index >= 15 is 0 Å². The van der Waals surface area contributed by atoms with E-state index in [2.05, 4.69) is 41.5 Å². The van der Waals surface area contributed by atoms with Crippen molar-refractivity contribution in [3.05, 3.63) is 0 Å². The summed E-state index contributed by atoms with van der Waals surface area (Å²) in [5, 5.41) is 11.1. The molecule has 0 heterocycles. The highest BCUT2D eigenvalue weighted by Crippen LogP contribution is 2.68. The molecule has 1 N–H and O–H groups in total. The molecule has 1 nitrogen and oxygen atoms in total. The molecule has 4 aliphatic rings. The van der Waals surface area contributed by atoms with Gasteiger partial charge < -0.3 is 5.11 Å². The second-order valence-electron chi connectivity index (χ2n) is 13.0. The highest BCUT2D eigenvalue weighted by atomic mass is 16.3. The summed E-state index contributed by atoms with van der Waals surface area (Å²) < 4.78 is 0. The van der Waals surface area contributed by atoms with Gasteiger partial charge in [0.25, 0.3) is 0 Å². The van der Waals surface area contributed by atoms with E-state index in [0.29, 0.717) is 5.41 Å². The van der Waals surface area contributed by atoms with Gasteiger partial charge in [-0.1, -0.05) is 60.8 Å². The molecule has 0 radical (unpaired) electrons. The summed E-state index contributed by atoms with van der Waals surface area (Å²) in [5.74, 6) is 6.93. The molecular weight excluding hydrogens is 352 g/mol. The van der Waals surface area contributed by atoms with E-state index < -0.39 is 0 Å². The average molecular weight is 403 g/mol. The van der Waals surface area contributed by atoms with Crippen molar-refractivity contribution in [1.29, 1.82) is 0 Å². The third-order valence-electron chi connectivity index (χ3n) is 11.7. The van der Waals surface area contributed by atoms with E-state index in [4.69, 9.17) is 0 Å². The van der Waals surface area contributed by atoms with E-state index in [9.17, 15) is 5.11 Å². The highest BCUT2D eigenvalue weighted by molar-refractivity contribution is 5.10. The van der Waals surface area contributed by atoms with E-state index in [0.717, 1.165) is 53.8 Å². The molecule has 1 heteroatoms. The zero-order valence-corrected chi connectivity index (χ0v) is 20.4. The van der Waals surface area contributed by atoms with E-state index in [-0.39, 0.29) is 11.5 Å². The van der Waals surface area contributed by atoms with Gasteiger partial charge in [0.15, 0.2) is 0 Å². The maximum atomic E-state index is 11.1. The lowest BCUT2D eigenvalue weighted by Gasteiger charge is -2.62. The number of aliphatic hydroxyl groups is 1. The lowest BCUT2D eigenvalue weighted by molar-refractivity contribution is -0.164. The van der Waals surface area contributed by atoms with Gasteiger partial charge in [-0.15, -0.1) is 0 Å². The molecule has 4 saturated carbocycles. The third-order valence-corrected chi connectivity index (χ3v) is 11.7. The molecule has 4 rings (SSSR count). The lowest BCUT2D eigenvalue weighted by atomic mass is 9.44. The fraction of sp³-hybridized carbons (Fsp3) is 1.00. The first-order valence-electron chi connectivity index (χ1n) is 13.4. The Balaban J connectivity index is 1.48. The SMILES string of the molecule is CC(C)C(C)CC[C@@H](C)[C@H]1CC[C@H]2[C@@H]3CCC4CCCC(O)[C@]4(C)[C@H]3CC[C@]12C. The Morgan fingerprint density at radius 3 is 2.31 bits per heavy atom. The number of rotatable bonds is 5. The van der Waals surface area contributed by atoms with Gasteiger partial charge in [-0.3, -0.25) is 0 Å². The quantitative estimate of drug-likeness (QED) is 0.499. The normalized spacial score (nSPS) is 49.2. The summed E-state index contributed by atoms with van der Waals surface area (Å²) in [6.45, 7) is 15.0. The smallest absolute Gasteiger partial charge is 0.0599 e. The summed E-state index contributed by atoms with van der Waals surface area (Å²) in [6.07, 6.45) is 15.1. The van der Waals surface area contributed by atoms with Gasteiger partial charge in [-0.05, 0) is 110 Å². The highest BCUT2D eigenvalue weighted by Gasteiger charge is 2.61. The van der Waals surface area contributed by atoms with Gasteiger partial charge in [-0.2, -0.15) is 0 Å². The van der Waals surface area contributed by atoms with Crippen LogP contribution in [0.5, 0.6) is 0 Å². The largest absolute Gasteiger partial charge is 0.393 e. The van der Waals surface area contributed by atoms with Gasteiger partial charge in [0.05, 0.1) is 6.10 Å². The zero-order chi connectivity index (χ0) is 21.0. The molecule has 3 unspecified atom stereocenters. The maximum Gasteiger partial charge on any atom is 0.0599 e. The molecule has 0 aromatic carbocycles. The van der Waals surface area contributed by atoms with Crippen LogP contribution in [0.3, 0.4) is 0 Å². The van der Waals surface area contributed by atoms with Crippen LogP contribution in [0.15, 0.2) is 0 Å². The number of fused-ring (bicyclic) bond motifs is 5. The molecule has 0 aromatic rings. The third kappa shape index (κ3) is 3.54. The van der Waals surface area contributed by atoms with Crippen molar-refractivity contribution in [2.45, 2.75) is 118 Å². The Kier molecular flexibility index (Phi) is 6.22. The second kappa shape index (κ2) is 8.14. The molecule has 168 valence electrons. The maximum absolute atomic E-state index is 11.1. The van der Waals surface area contributed by atoms with Crippen molar-refractivity contribution < 1.29 is 5.11 Å². The Morgan fingerprint density at radius 2 is 1.59 bits per heavy atom. The predicted octanol–water partition coefficient (Wildman–Crippen LogP) is 7.71. The van der Waals surface area contributed by atoms with Crippen molar-refractivity contribution in [3.8, 4) is 0 Å². The molecule has 0 aliphatic heterocycles. The van der Waals surface area contributed by atoms with Crippen LogP contribution in [0.2, 0.25) is 0 Å². The van der Waals surface area contributed by atoms with Gasteiger partial charge in [0, 0.05) is 0 Å². The van der Waals surface area contributed by atoms with Crippen molar-refractivity contribution >= 4 is 0 Å². The average Bonchev–Trinajstić information content (AvgIpc) is 3.04. The Hall–Kier alpha value is -0.0400. The van der Waals surface area contributed by atoms with Gasteiger partial charge in [0.1, 0.15) is 0 Å². The summed E-state index contributed by atoms with van der Waals surface area (Å²) in [7, 11) is 0. The van der Waals surface area contributed by atoms with E-state index in [1.165, 1.54) is 64.2 Å². The van der Waals surface area contributed by atoms with E-state index in [1.807, 2.05) is 0 Å². The first-order valence-corrected chi connectivity index (χ1v) is 13.4. The molecule has 4 aliphatic carbocycles. The number of hydrogen-bond donors (Lipinski definition) is 1. The first-order chi connectivity index (χ1) is 13.7. The first kappa shape index (κ1) is 22.2. The molecule has 0 saturated heterocycles. The van der Waals surface area contributed by atoms with Crippen molar-refractivity contribution in [1.82, 2.24) is 0 Å². The van der Waals surface area contributed by atoms with E-state index in [1.54, 1.807) is 0 Å². The van der Waals surface area contributed by atoms with Crippen LogP contribution in [-0.2, 0) is 0 Å². The molecule has 0 spiro atoms. The van der Waals surface area contributed by atoms with Gasteiger partial charge in [-0.25, -0.2) is 0 Å². The van der Waals surface area contributed by atoms with Crippen LogP contribution in [0.1, 0.15) is 112 Å².